The molecule has 7 nitrogen and oxygen atoms in total. The van der Waals surface area contributed by atoms with Crippen molar-refractivity contribution in [3.8, 4) is 11.5 Å². The van der Waals surface area contributed by atoms with E-state index in [1.807, 2.05) is 43.2 Å². The van der Waals surface area contributed by atoms with Crippen molar-refractivity contribution in [3.05, 3.63) is 41.7 Å². The van der Waals surface area contributed by atoms with Crippen LogP contribution < -0.4 is 14.8 Å². The number of aryl methyl sites for hydroxylation is 1. The van der Waals surface area contributed by atoms with Crippen molar-refractivity contribution >= 4 is 29.9 Å². The Balaban J connectivity index is 0.00000280. The molecule has 154 valence electrons. The number of aliphatic imine (C=N–C) groups is 1. The fraction of sp³-hybridized carbons (Fsp3) is 0.500. The molecule has 0 bridgehead atoms. The van der Waals surface area contributed by atoms with Gasteiger partial charge in [-0.05, 0) is 42.2 Å². The van der Waals surface area contributed by atoms with Crippen LogP contribution in [0.3, 0.4) is 0 Å². The topological polar surface area (TPSA) is 63.9 Å². The Labute approximate surface area is 184 Å². The molecule has 2 heterocycles. The Morgan fingerprint density at radius 2 is 2.14 bits per heavy atom. The highest BCUT2D eigenvalue weighted by atomic mass is 127. The molecule has 1 saturated heterocycles. The van der Waals surface area contributed by atoms with Gasteiger partial charge in [0.15, 0.2) is 5.96 Å². The summed E-state index contributed by atoms with van der Waals surface area (Å²) in [5.74, 6) is 3.18. The number of rotatable bonds is 6. The number of methoxy groups -OCH3 is 2. The minimum atomic E-state index is 0. The number of hydrogen-bond donors (Lipinski definition) is 1. The monoisotopic (exact) mass is 499 g/mol. The Kier molecular flexibility index (Phi) is 8.40. The largest absolute Gasteiger partial charge is 0.497 e. The Morgan fingerprint density at radius 1 is 1.32 bits per heavy atom. The van der Waals surface area contributed by atoms with Crippen molar-refractivity contribution in [1.82, 2.24) is 20.0 Å². The van der Waals surface area contributed by atoms with Crippen LogP contribution in [0.1, 0.15) is 23.5 Å². The lowest BCUT2D eigenvalue weighted by atomic mass is 10.0. The zero-order valence-electron chi connectivity index (χ0n) is 17.0. The highest BCUT2D eigenvalue weighted by Crippen LogP contribution is 2.27. The maximum absolute atomic E-state index is 5.46. The second-order valence-corrected chi connectivity index (χ2v) is 6.78. The molecule has 1 aromatic heterocycles. The highest BCUT2D eigenvalue weighted by molar-refractivity contribution is 14.0. The van der Waals surface area contributed by atoms with Crippen LogP contribution in [0, 0.1) is 0 Å². The van der Waals surface area contributed by atoms with Crippen molar-refractivity contribution in [3.63, 3.8) is 0 Å². The van der Waals surface area contributed by atoms with E-state index in [0.717, 1.165) is 55.5 Å². The molecular weight excluding hydrogens is 469 g/mol. The molecule has 1 fully saturated rings. The molecule has 1 aliphatic heterocycles. The molecule has 0 spiro atoms. The van der Waals surface area contributed by atoms with E-state index in [-0.39, 0.29) is 24.0 Å². The number of ether oxygens (including phenoxy) is 2. The fourth-order valence-electron chi connectivity index (χ4n) is 3.59. The average Bonchev–Trinajstić information content (AvgIpc) is 3.34. The summed E-state index contributed by atoms with van der Waals surface area (Å²) in [4.78, 5) is 6.79. The Hall–Kier alpha value is -1.97. The number of nitrogens with zero attached hydrogens (tertiary/aromatic N) is 4. The molecule has 1 unspecified atom stereocenters. The van der Waals surface area contributed by atoms with Crippen LogP contribution in [-0.4, -0.2) is 61.5 Å². The first-order valence-corrected chi connectivity index (χ1v) is 9.29. The average molecular weight is 499 g/mol. The predicted octanol–water partition coefficient (Wildman–Crippen LogP) is 2.66. The standard InChI is InChI=1S/C20H29N5O2.HI/c1-21-20(25-10-8-16(14-25)17-12-23-24(2)13-17)22-9-7-15-11-18(26-3)5-6-19(15)27-4;/h5-6,11-13,16H,7-10,14H2,1-4H3,(H,21,22);1H. The number of hydrogen-bond acceptors (Lipinski definition) is 4. The summed E-state index contributed by atoms with van der Waals surface area (Å²) in [6.45, 7) is 2.75. The van der Waals surface area contributed by atoms with Crippen LogP contribution in [0.5, 0.6) is 11.5 Å². The van der Waals surface area contributed by atoms with Crippen LogP contribution in [0.15, 0.2) is 35.6 Å². The molecule has 1 N–H and O–H groups in total. The lowest BCUT2D eigenvalue weighted by molar-refractivity contribution is 0.398. The quantitative estimate of drug-likeness (QED) is 0.376. The van der Waals surface area contributed by atoms with Crippen LogP contribution in [-0.2, 0) is 13.5 Å². The second kappa shape index (κ2) is 10.5. The minimum absolute atomic E-state index is 0. The van der Waals surface area contributed by atoms with Crippen molar-refractivity contribution in [2.75, 3.05) is 40.9 Å². The highest BCUT2D eigenvalue weighted by Gasteiger charge is 2.26. The first kappa shape index (κ1) is 22.3. The number of aromatic nitrogens is 2. The van der Waals surface area contributed by atoms with E-state index in [9.17, 15) is 0 Å². The summed E-state index contributed by atoms with van der Waals surface area (Å²) in [6, 6.07) is 5.89. The summed E-state index contributed by atoms with van der Waals surface area (Å²) >= 11 is 0. The van der Waals surface area contributed by atoms with Gasteiger partial charge in [0, 0.05) is 45.8 Å². The third-order valence-electron chi connectivity index (χ3n) is 5.06. The maximum atomic E-state index is 5.46. The summed E-state index contributed by atoms with van der Waals surface area (Å²) < 4.78 is 12.7. The zero-order valence-corrected chi connectivity index (χ0v) is 19.3. The SMILES string of the molecule is CN=C(NCCc1cc(OC)ccc1OC)N1CCC(c2cnn(C)c2)C1.I. The minimum Gasteiger partial charge on any atom is -0.497 e. The van der Waals surface area contributed by atoms with E-state index in [2.05, 4.69) is 26.5 Å². The van der Waals surface area contributed by atoms with Crippen LogP contribution in [0.2, 0.25) is 0 Å². The Bertz CT molecular complexity index is 793. The molecule has 0 saturated carbocycles. The molecule has 1 aliphatic rings. The van der Waals surface area contributed by atoms with E-state index >= 15 is 0 Å². The first-order valence-electron chi connectivity index (χ1n) is 9.29. The Morgan fingerprint density at radius 3 is 2.79 bits per heavy atom. The van der Waals surface area contributed by atoms with E-state index in [1.165, 1.54) is 5.56 Å². The van der Waals surface area contributed by atoms with E-state index in [4.69, 9.17) is 9.47 Å². The number of likely N-dealkylation sites (tertiary alicyclic amines) is 1. The maximum Gasteiger partial charge on any atom is 0.193 e. The number of benzene rings is 1. The van der Waals surface area contributed by atoms with Gasteiger partial charge in [-0.25, -0.2) is 0 Å². The number of nitrogens with one attached hydrogen (secondary N) is 1. The molecule has 1 aromatic carbocycles. The van der Waals surface area contributed by atoms with Gasteiger partial charge in [-0.3, -0.25) is 9.67 Å². The molecule has 1 atom stereocenters. The molecule has 2 aromatic rings. The van der Waals surface area contributed by atoms with Crippen LogP contribution in [0.4, 0.5) is 0 Å². The van der Waals surface area contributed by atoms with Gasteiger partial charge >= 0.3 is 0 Å². The van der Waals surface area contributed by atoms with Crippen molar-refractivity contribution in [2.24, 2.45) is 12.0 Å². The van der Waals surface area contributed by atoms with Crippen molar-refractivity contribution < 1.29 is 9.47 Å². The van der Waals surface area contributed by atoms with Gasteiger partial charge in [-0.2, -0.15) is 5.10 Å². The van der Waals surface area contributed by atoms with Gasteiger partial charge in [0.25, 0.3) is 0 Å². The molecule has 3 rings (SSSR count). The summed E-state index contributed by atoms with van der Waals surface area (Å²) in [5, 5.41) is 7.78. The molecule has 0 amide bonds. The third-order valence-corrected chi connectivity index (χ3v) is 5.06. The van der Waals surface area contributed by atoms with Gasteiger partial charge < -0.3 is 19.7 Å². The lowest BCUT2D eigenvalue weighted by Crippen LogP contribution is -2.40. The third kappa shape index (κ3) is 5.30. The van der Waals surface area contributed by atoms with Crippen LogP contribution >= 0.6 is 24.0 Å². The summed E-state index contributed by atoms with van der Waals surface area (Å²) in [7, 11) is 7.17. The molecule has 0 radical (unpaired) electrons. The van der Waals surface area contributed by atoms with E-state index < -0.39 is 0 Å². The van der Waals surface area contributed by atoms with Gasteiger partial charge in [-0.15, -0.1) is 24.0 Å². The lowest BCUT2D eigenvalue weighted by Gasteiger charge is -2.22. The smallest absolute Gasteiger partial charge is 0.193 e. The van der Waals surface area contributed by atoms with Gasteiger partial charge in [-0.1, -0.05) is 0 Å². The van der Waals surface area contributed by atoms with E-state index in [0.29, 0.717) is 5.92 Å². The summed E-state index contributed by atoms with van der Waals surface area (Å²) in [6.07, 6.45) is 6.04. The molecule has 28 heavy (non-hydrogen) atoms. The van der Waals surface area contributed by atoms with Gasteiger partial charge in [0.2, 0.25) is 0 Å². The molecule has 0 aliphatic carbocycles. The molecular formula is C20H30IN5O2. The van der Waals surface area contributed by atoms with Crippen molar-refractivity contribution in [2.45, 2.75) is 18.8 Å². The summed E-state index contributed by atoms with van der Waals surface area (Å²) in [5.41, 5.74) is 2.42. The van der Waals surface area contributed by atoms with E-state index in [1.54, 1.807) is 14.2 Å². The van der Waals surface area contributed by atoms with Crippen molar-refractivity contribution in [1.29, 1.82) is 0 Å². The fourth-order valence-corrected chi connectivity index (χ4v) is 3.59. The normalized spacial score (nSPS) is 16.6. The second-order valence-electron chi connectivity index (χ2n) is 6.78. The van der Waals surface area contributed by atoms with Crippen LogP contribution in [0.25, 0.3) is 0 Å². The number of guanidine groups is 1. The number of halogens is 1. The van der Waals surface area contributed by atoms with Gasteiger partial charge in [0.05, 0.1) is 20.4 Å². The molecule has 8 heteroatoms. The first-order chi connectivity index (χ1) is 13.1. The zero-order chi connectivity index (χ0) is 19.2. The predicted molar refractivity (Wildman–Crippen MR) is 122 cm³/mol. The van der Waals surface area contributed by atoms with Gasteiger partial charge in [0.1, 0.15) is 11.5 Å².